The highest BCUT2D eigenvalue weighted by molar-refractivity contribution is 5.96. The topological polar surface area (TPSA) is 95.3 Å². The minimum atomic E-state index is 0.181. The van der Waals surface area contributed by atoms with E-state index < -0.39 is 0 Å². The fraction of sp³-hybridized carbons (Fsp3) is 0.604. The van der Waals surface area contributed by atoms with Gasteiger partial charge in [-0.15, -0.1) is 0 Å². The molecule has 1 unspecified atom stereocenters. The molecule has 3 saturated heterocycles. The highest BCUT2D eigenvalue weighted by Crippen LogP contribution is 2.22. The molecule has 6 rings (SSSR count). The van der Waals surface area contributed by atoms with Crippen LogP contribution >= 0.6 is 0 Å². The van der Waals surface area contributed by atoms with Crippen molar-refractivity contribution < 1.29 is 23.8 Å². The SMILES string of the molecule is CCC(=O)c1ccc(OCCCN2CCC(C)CC2)cc1.CCC(=O)c1ccc(OCCCN2CCCCC2C)cc1.C[C@@H]1C[C@H](C)CN(CCCOc2ccc(C#N)cc2)C1. The Balaban J connectivity index is 0.000000205. The second-order valence-electron chi connectivity index (χ2n) is 18.0. The number of hydrogen-bond acceptors (Lipinski definition) is 9. The molecule has 3 aliphatic heterocycles. The van der Waals surface area contributed by atoms with Crippen LogP contribution in [0.25, 0.3) is 0 Å². The number of rotatable bonds is 19. The molecule has 0 amide bonds. The summed E-state index contributed by atoms with van der Waals surface area (Å²) in [6.07, 6.45) is 12.3. The molecule has 3 aliphatic rings. The van der Waals surface area contributed by atoms with E-state index in [1.165, 1.54) is 71.2 Å². The minimum absolute atomic E-state index is 0.181. The fourth-order valence-corrected chi connectivity index (χ4v) is 8.67. The number of likely N-dealkylation sites (tertiary alicyclic amines) is 3. The van der Waals surface area contributed by atoms with Gasteiger partial charge in [0.2, 0.25) is 0 Å². The van der Waals surface area contributed by atoms with Gasteiger partial charge >= 0.3 is 0 Å². The molecule has 3 aromatic carbocycles. The van der Waals surface area contributed by atoms with Crippen LogP contribution in [-0.2, 0) is 0 Å². The molecule has 0 N–H and O–H groups in total. The van der Waals surface area contributed by atoms with Crippen LogP contribution in [-0.4, -0.2) is 104 Å². The van der Waals surface area contributed by atoms with Crippen molar-refractivity contribution in [2.75, 3.05) is 72.2 Å². The number of hydrogen-bond donors (Lipinski definition) is 0. The van der Waals surface area contributed by atoms with Crippen molar-refractivity contribution in [1.29, 1.82) is 5.26 Å². The molecule has 3 heterocycles. The molecule has 9 heteroatoms. The summed E-state index contributed by atoms with van der Waals surface area (Å²) in [5.41, 5.74) is 2.22. The summed E-state index contributed by atoms with van der Waals surface area (Å²) in [4.78, 5) is 30.7. The van der Waals surface area contributed by atoms with Crippen molar-refractivity contribution in [3.63, 3.8) is 0 Å². The van der Waals surface area contributed by atoms with E-state index in [1.807, 2.05) is 74.5 Å². The van der Waals surface area contributed by atoms with Crippen molar-refractivity contribution in [3.05, 3.63) is 89.5 Å². The lowest BCUT2D eigenvalue weighted by Crippen LogP contribution is -2.39. The van der Waals surface area contributed by atoms with E-state index in [-0.39, 0.29) is 11.6 Å². The second kappa shape index (κ2) is 28.5. The number of carbonyl (C=O) groups excluding carboxylic acids is 2. The maximum Gasteiger partial charge on any atom is 0.162 e. The van der Waals surface area contributed by atoms with Crippen molar-refractivity contribution >= 4 is 11.6 Å². The molecule has 0 aromatic heterocycles. The number of ketones is 2. The Morgan fingerprint density at radius 2 is 1.03 bits per heavy atom. The van der Waals surface area contributed by atoms with Gasteiger partial charge in [-0.1, -0.05) is 41.0 Å². The van der Waals surface area contributed by atoms with Crippen molar-refractivity contribution in [2.24, 2.45) is 17.8 Å². The molecule has 62 heavy (non-hydrogen) atoms. The van der Waals surface area contributed by atoms with Crippen molar-refractivity contribution in [3.8, 4) is 23.3 Å². The zero-order valence-electron chi connectivity index (χ0n) is 39.1. The number of ether oxygens (including phenoxy) is 3. The first kappa shape index (κ1) is 50.4. The first-order valence-corrected chi connectivity index (χ1v) is 23.9. The molecule has 0 spiro atoms. The number of nitriles is 1. The van der Waals surface area contributed by atoms with Gasteiger partial charge in [-0.25, -0.2) is 0 Å². The predicted octanol–water partition coefficient (Wildman–Crippen LogP) is 11.0. The standard InChI is InChI=1S/2C18H27NO2.C17H24N2O/c1-3-18(20)16-5-7-17(8-6-16)21-14-4-11-19-12-9-15(2)10-13-19;1-3-18(20)16-8-10-17(11-9-16)21-14-6-13-19-12-5-4-7-15(19)2;1-14-10-15(2)13-19(12-14)8-3-9-20-17-6-4-16(11-18)5-7-17/h5-8,15H,3-4,9-14H2,1-2H3;8-11,15H,3-7,12-14H2,1-2H3;4-7,14-15H,3,8-10,12-13H2,1-2H3/t;;14-,15+. The van der Waals surface area contributed by atoms with Crippen LogP contribution in [0.1, 0.15) is 138 Å². The first-order chi connectivity index (χ1) is 30.1. The molecule has 3 atom stereocenters. The lowest BCUT2D eigenvalue weighted by molar-refractivity contribution is 0.0980. The van der Waals surface area contributed by atoms with Gasteiger partial charge in [-0.05, 0) is 168 Å². The van der Waals surface area contributed by atoms with Crippen LogP contribution < -0.4 is 14.2 Å². The van der Waals surface area contributed by atoms with E-state index >= 15 is 0 Å². The highest BCUT2D eigenvalue weighted by atomic mass is 16.5. The van der Waals surface area contributed by atoms with Crippen LogP contribution in [0.5, 0.6) is 17.2 Å². The van der Waals surface area contributed by atoms with Gasteiger partial charge in [-0.2, -0.15) is 5.26 Å². The Kier molecular flexibility index (Phi) is 23.1. The summed E-state index contributed by atoms with van der Waals surface area (Å²) in [6, 6.07) is 25.1. The Morgan fingerprint density at radius 3 is 1.48 bits per heavy atom. The molecule has 0 aliphatic carbocycles. The molecule has 9 nitrogen and oxygen atoms in total. The zero-order chi connectivity index (χ0) is 44.5. The normalized spacial score (nSPS) is 19.8. The zero-order valence-corrected chi connectivity index (χ0v) is 39.1. The summed E-state index contributed by atoms with van der Waals surface area (Å²) in [5, 5.41) is 8.73. The second-order valence-corrected chi connectivity index (χ2v) is 18.0. The van der Waals surface area contributed by atoms with Crippen molar-refractivity contribution in [2.45, 2.75) is 118 Å². The van der Waals surface area contributed by atoms with Gasteiger partial charge in [0.05, 0.1) is 31.5 Å². The number of carbonyl (C=O) groups is 2. The van der Waals surface area contributed by atoms with Crippen LogP contribution in [0.15, 0.2) is 72.8 Å². The van der Waals surface area contributed by atoms with Crippen LogP contribution in [0.4, 0.5) is 0 Å². The van der Waals surface area contributed by atoms with Gasteiger partial charge in [0.25, 0.3) is 0 Å². The Hall–Kier alpha value is -4.23. The smallest absolute Gasteiger partial charge is 0.162 e. The fourth-order valence-electron chi connectivity index (χ4n) is 8.67. The summed E-state index contributed by atoms with van der Waals surface area (Å²) in [7, 11) is 0. The molecule has 3 aromatic rings. The monoisotopic (exact) mass is 851 g/mol. The van der Waals surface area contributed by atoms with Gasteiger partial charge in [-0.3, -0.25) is 9.59 Å². The maximum atomic E-state index is 11.5. The Morgan fingerprint density at radius 1 is 0.581 bits per heavy atom. The van der Waals surface area contributed by atoms with Gasteiger partial charge in [0.1, 0.15) is 17.2 Å². The molecular formula is C53H78N4O5. The third-order valence-corrected chi connectivity index (χ3v) is 12.4. The van der Waals surface area contributed by atoms with E-state index in [0.717, 1.165) is 111 Å². The number of piperidine rings is 3. The molecule has 0 bridgehead atoms. The highest BCUT2D eigenvalue weighted by Gasteiger charge is 2.21. The quantitative estimate of drug-likeness (QED) is 0.0863. The molecule has 0 radical (unpaired) electrons. The number of benzene rings is 3. The van der Waals surface area contributed by atoms with E-state index in [1.54, 1.807) is 12.1 Å². The summed E-state index contributed by atoms with van der Waals surface area (Å²) in [6.45, 7) is 24.8. The summed E-state index contributed by atoms with van der Waals surface area (Å²) < 4.78 is 17.2. The first-order valence-electron chi connectivity index (χ1n) is 23.9. The predicted molar refractivity (Wildman–Crippen MR) is 253 cm³/mol. The number of nitrogens with zero attached hydrogens (tertiary/aromatic N) is 4. The molecule has 340 valence electrons. The summed E-state index contributed by atoms with van der Waals surface area (Å²) in [5.74, 6) is 5.45. The van der Waals surface area contributed by atoms with Gasteiger partial charge in [0.15, 0.2) is 11.6 Å². The van der Waals surface area contributed by atoms with E-state index in [9.17, 15) is 9.59 Å². The van der Waals surface area contributed by atoms with Crippen LogP contribution in [0, 0.1) is 29.1 Å². The average molecular weight is 851 g/mol. The molecular weight excluding hydrogens is 773 g/mol. The van der Waals surface area contributed by atoms with Crippen molar-refractivity contribution in [1.82, 2.24) is 14.7 Å². The summed E-state index contributed by atoms with van der Waals surface area (Å²) >= 11 is 0. The van der Waals surface area contributed by atoms with Crippen LogP contribution in [0.3, 0.4) is 0 Å². The number of Topliss-reactive ketones (excluding diaryl/α,β-unsaturated/α-hetero) is 2. The lowest BCUT2D eigenvalue weighted by atomic mass is 9.92. The third-order valence-electron chi connectivity index (χ3n) is 12.4. The lowest BCUT2D eigenvalue weighted by Gasteiger charge is -2.34. The minimum Gasteiger partial charge on any atom is -0.494 e. The third kappa shape index (κ3) is 19.0. The van der Waals surface area contributed by atoms with Gasteiger partial charge in [0, 0.05) is 62.7 Å². The molecule has 0 saturated carbocycles. The van der Waals surface area contributed by atoms with E-state index in [4.69, 9.17) is 19.5 Å². The average Bonchev–Trinajstić information content (AvgIpc) is 3.29. The van der Waals surface area contributed by atoms with Crippen LogP contribution in [0.2, 0.25) is 0 Å². The Labute approximate surface area is 375 Å². The van der Waals surface area contributed by atoms with E-state index in [2.05, 4.69) is 48.5 Å². The van der Waals surface area contributed by atoms with E-state index in [0.29, 0.717) is 18.4 Å². The Bertz CT molecular complexity index is 1720. The maximum absolute atomic E-state index is 11.5. The molecule has 3 fully saturated rings. The van der Waals surface area contributed by atoms with Gasteiger partial charge < -0.3 is 28.9 Å². The largest absolute Gasteiger partial charge is 0.494 e.